The normalized spacial score (nSPS) is 11.5. The number of carbonyl (C=O) groups is 10. The van der Waals surface area contributed by atoms with E-state index in [1.807, 2.05) is 6.92 Å². The average molecular weight is 1750 g/mol. The van der Waals surface area contributed by atoms with Crippen molar-refractivity contribution in [1.29, 1.82) is 0 Å². The number of nitrogens with zero attached hydrogens (tertiary/aromatic N) is 2. The van der Waals surface area contributed by atoms with Crippen molar-refractivity contribution in [1.82, 2.24) is 31.1 Å². The molecule has 6 amide bonds. The molecule has 0 saturated carbocycles. The van der Waals surface area contributed by atoms with Crippen LogP contribution in [0.4, 0.5) is 0 Å². The lowest BCUT2D eigenvalue weighted by molar-refractivity contribution is -0.148. The minimum atomic E-state index is -0.997. The van der Waals surface area contributed by atoms with Gasteiger partial charge in [0.25, 0.3) is 0 Å². The smallest absolute Gasteiger partial charge is 0.305 e. The molecule has 0 aromatic heterocycles. The summed E-state index contributed by atoms with van der Waals surface area (Å²) < 4.78 is 55.5. The van der Waals surface area contributed by atoms with Crippen LogP contribution in [-0.2, 0) is 95.3 Å². The van der Waals surface area contributed by atoms with Gasteiger partial charge in [-0.3, -0.25) is 47.9 Å². The summed E-state index contributed by atoms with van der Waals surface area (Å²) in [5, 5.41) is 11.5. The lowest BCUT2D eigenvalue weighted by Gasteiger charge is -2.23. The fraction of sp³-hybridized carbons (Fsp3) is 0.897. The molecule has 0 aromatic rings. The monoisotopic (exact) mass is 1750 g/mol. The number of nitrogens with one attached hydrogen (secondary N) is 4. The molecular formula is C97H182N6O20. The van der Waals surface area contributed by atoms with E-state index in [4.69, 9.17) is 47.4 Å². The van der Waals surface area contributed by atoms with Crippen LogP contribution in [0.25, 0.3) is 0 Å². The lowest BCUT2D eigenvalue weighted by atomic mass is 10.1. The highest BCUT2D eigenvalue weighted by Crippen LogP contribution is 2.18. The second-order valence-electron chi connectivity index (χ2n) is 33.1. The summed E-state index contributed by atoms with van der Waals surface area (Å²) in [6.45, 7) is 16.9. The van der Waals surface area contributed by atoms with Crippen LogP contribution in [0.2, 0.25) is 0 Å². The van der Waals surface area contributed by atoms with E-state index in [1.165, 1.54) is 190 Å². The SMILES string of the molecule is CCCCCCCCCCCCCC(=O)OCCN(CCOC(=O)CCCCCCCCCCCCC)C(=O)CCC(=O)NCCCC[C@H](NC(=O)CCC(=O)N(CCOC(=O)CCCCCCCCCCCCC)CCOC(=O)CCCCCCCCCCCCC)C(=O)NCCCOCCOCCOCCCNC(=O)CCOCCOCCOCC. The first-order valence-electron chi connectivity index (χ1n) is 50.0. The number of rotatable bonds is 97. The number of esters is 4. The number of hydrogen-bond donors (Lipinski definition) is 4. The van der Waals surface area contributed by atoms with Gasteiger partial charge in [0.15, 0.2) is 0 Å². The van der Waals surface area contributed by atoms with E-state index in [1.54, 1.807) is 0 Å². The van der Waals surface area contributed by atoms with Gasteiger partial charge in [-0.2, -0.15) is 0 Å². The molecule has 0 fully saturated rings. The maximum Gasteiger partial charge on any atom is 0.305 e. The maximum absolute atomic E-state index is 14.0. The zero-order chi connectivity index (χ0) is 89.7. The minimum absolute atomic E-state index is 0.0282. The van der Waals surface area contributed by atoms with Gasteiger partial charge in [-0.1, -0.05) is 285 Å². The van der Waals surface area contributed by atoms with Gasteiger partial charge in [-0.15, -0.1) is 0 Å². The van der Waals surface area contributed by atoms with Crippen LogP contribution in [0, 0.1) is 0 Å². The Hall–Kier alpha value is -5.54. The highest BCUT2D eigenvalue weighted by Gasteiger charge is 2.24. The first-order chi connectivity index (χ1) is 60.2. The van der Waals surface area contributed by atoms with Crippen LogP contribution in [0.1, 0.15) is 407 Å². The van der Waals surface area contributed by atoms with Gasteiger partial charge in [-0.05, 0) is 64.7 Å². The molecule has 720 valence electrons. The van der Waals surface area contributed by atoms with E-state index in [-0.39, 0.29) is 159 Å². The van der Waals surface area contributed by atoms with Crippen LogP contribution in [0.15, 0.2) is 0 Å². The van der Waals surface area contributed by atoms with Crippen LogP contribution in [0.3, 0.4) is 0 Å². The van der Waals surface area contributed by atoms with Crippen molar-refractivity contribution in [3.05, 3.63) is 0 Å². The van der Waals surface area contributed by atoms with E-state index in [2.05, 4.69) is 49.0 Å². The zero-order valence-corrected chi connectivity index (χ0v) is 78.9. The molecule has 0 heterocycles. The molecule has 0 rings (SSSR count). The summed E-state index contributed by atoms with van der Waals surface area (Å²) in [5.41, 5.74) is 0. The Balaban J connectivity index is 5.84. The third kappa shape index (κ3) is 85.7. The minimum Gasteiger partial charge on any atom is -0.464 e. The Kier molecular flexibility index (Phi) is 89.8. The average Bonchev–Trinajstić information content (AvgIpc) is 0.918. The van der Waals surface area contributed by atoms with Crippen molar-refractivity contribution in [2.75, 3.05) is 152 Å². The van der Waals surface area contributed by atoms with Crippen molar-refractivity contribution in [3.8, 4) is 0 Å². The summed E-state index contributed by atoms with van der Waals surface area (Å²) in [6, 6.07) is -0.997. The number of carbonyl (C=O) groups excluding carboxylic acids is 10. The predicted molar refractivity (Wildman–Crippen MR) is 489 cm³/mol. The van der Waals surface area contributed by atoms with Crippen molar-refractivity contribution in [3.63, 3.8) is 0 Å². The van der Waals surface area contributed by atoms with Crippen LogP contribution in [0.5, 0.6) is 0 Å². The predicted octanol–water partition coefficient (Wildman–Crippen LogP) is 18.5. The molecule has 26 heteroatoms. The molecule has 123 heavy (non-hydrogen) atoms. The van der Waals surface area contributed by atoms with Crippen LogP contribution in [-0.4, -0.2) is 227 Å². The second-order valence-corrected chi connectivity index (χ2v) is 33.1. The molecule has 0 saturated heterocycles. The van der Waals surface area contributed by atoms with Gasteiger partial charge in [0, 0.05) is 97.2 Å². The van der Waals surface area contributed by atoms with E-state index in [0.717, 1.165) is 103 Å². The van der Waals surface area contributed by atoms with E-state index in [0.29, 0.717) is 124 Å². The zero-order valence-electron chi connectivity index (χ0n) is 78.9. The number of unbranched alkanes of at least 4 members (excludes halogenated alkanes) is 41. The number of ether oxygens (including phenoxy) is 10. The standard InChI is InChI=1S/C97H182N6O20/c1-6-11-15-19-23-27-31-35-39-43-47-56-93(109)120-75-68-102(69-76-121-94(110)57-48-44-40-36-32-28-24-20-16-12-7-2)91(107)62-60-88(104)98-65-52-51-55-87(97(113)100-67-54-73-116-82-85-119-84-81-115-72-53-66-99-89(105)64-74-117-83-86-118-80-79-114-10-5)101-90(106)61-63-92(108)103(70-77-122-95(111)58-49-45-41-37-33-29-25-21-17-13-8-3)71-78-123-96(112)59-50-46-42-38-34-30-26-22-18-14-9-4/h87H,6-86H2,1-5H3,(H,98,104)(H,99,105)(H,100,113)(H,101,106)/t87-/m0/s1. The third-order valence-corrected chi connectivity index (χ3v) is 21.9. The summed E-state index contributed by atoms with van der Waals surface area (Å²) in [7, 11) is 0. The molecule has 0 bridgehead atoms. The lowest BCUT2D eigenvalue weighted by Crippen LogP contribution is -2.47. The Morgan fingerprint density at radius 2 is 0.488 bits per heavy atom. The highest BCUT2D eigenvalue weighted by molar-refractivity contribution is 5.89. The van der Waals surface area contributed by atoms with Crippen molar-refractivity contribution in [2.24, 2.45) is 0 Å². The van der Waals surface area contributed by atoms with Gasteiger partial charge in [-0.25, -0.2) is 0 Å². The molecule has 0 aliphatic heterocycles. The molecule has 0 radical (unpaired) electrons. The Morgan fingerprint density at radius 3 is 0.805 bits per heavy atom. The molecule has 26 nitrogen and oxygen atoms in total. The quantitative estimate of drug-likeness (QED) is 0.0250. The van der Waals surface area contributed by atoms with Gasteiger partial charge < -0.3 is 78.4 Å². The summed E-state index contributed by atoms with van der Waals surface area (Å²) in [4.78, 5) is 135. The first kappa shape index (κ1) is 117. The van der Waals surface area contributed by atoms with Crippen LogP contribution < -0.4 is 21.3 Å². The van der Waals surface area contributed by atoms with Gasteiger partial charge in [0.1, 0.15) is 32.5 Å². The van der Waals surface area contributed by atoms with Crippen molar-refractivity contribution >= 4 is 59.3 Å². The van der Waals surface area contributed by atoms with E-state index >= 15 is 0 Å². The number of amides is 6. The molecule has 0 aliphatic carbocycles. The second kappa shape index (κ2) is 94.1. The van der Waals surface area contributed by atoms with Gasteiger partial charge in [0.05, 0.1) is 85.6 Å². The fourth-order valence-electron chi connectivity index (χ4n) is 14.2. The van der Waals surface area contributed by atoms with Crippen molar-refractivity contribution < 1.29 is 95.3 Å². The Morgan fingerprint density at radius 1 is 0.228 bits per heavy atom. The highest BCUT2D eigenvalue weighted by atomic mass is 16.6. The van der Waals surface area contributed by atoms with Crippen LogP contribution >= 0.6 is 0 Å². The Bertz CT molecular complexity index is 2400. The fourth-order valence-corrected chi connectivity index (χ4v) is 14.2. The third-order valence-electron chi connectivity index (χ3n) is 21.9. The van der Waals surface area contributed by atoms with Crippen molar-refractivity contribution in [2.45, 2.75) is 413 Å². The molecular weight excluding hydrogens is 1570 g/mol. The molecule has 0 aromatic carbocycles. The summed E-state index contributed by atoms with van der Waals surface area (Å²) in [6.07, 6.45) is 53.8. The summed E-state index contributed by atoms with van der Waals surface area (Å²) >= 11 is 0. The topological polar surface area (TPSA) is 318 Å². The van der Waals surface area contributed by atoms with E-state index < -0.39 is 23.8 Å². The largest absolute Gasteiger partial charge is 0.464 e. The molecule has 0 unspecified atom stereocenters. The Labute approximate surface area is 746 Å². The molecule has 0 aliphatic rings. The summed E-state index contributed by atoms with van der Waals surface area (Å²) in [5.74, 6) is -3.52. The molecule has 4 N–H and O–H groups in total. The molecule has 1 atom stereocenters. The number of hydrogen-bond acceptors (Lipinski definition) is 20. The first-order valence-corrected chi connectivity index (χ1v) is 50.0. The van der Waals surface area contributed by atoms with Gasteiger partial charge in [0.2, 0.25) is 35.4 Å². The van der Waals surface area contributed by atoms with E-state index in [9.17, 15) is 47.9 Å². The maximum atomic E-state index is 14.0. The molecule has 0 spiro atoms. The van der Waals surface area contributed by atoms with Gasteiger partial charge >= 0.3 is 23.9 Å².